The molecule has 1 aliphatic rings. The zero-order chi connectivity index (χ0) is 31.6. The molecule has 0 amide bonds. The molecule has 4 atom stereocenters. The van der Waals surface area contributed by atoms with E-state index in [2.05, 4.69) is 0 Å². The van der Waals surface area contributed by atoms with Gasteiger partial charge in [-0.3, -0.25) is 4.79 Å². The first kappa shape index (κ1) is 31.3. The van der Waals surface area contributed by atoms with Crippen LogP contribution in [0.5, 0.6) is 34.5 Å². The second-order valence-electron chi connectivity index (χ2n) is 10.2. The highest BCUT2D eigenvalue weighted by Gasteiger charge is 2.51. The number of phenolic OH excluding ortho intramolecular Hbond substituents is 1. The Morgan fingerprint density at radius 1 is 0.767 bits per heavy atom. The van der Waals surface area contributed by atoms with E-state index in [9.17, 15) is 19.8 Å². The largest absolute Gasteiger partial charge is 0.504 e. The molecule has 2 N–H and O–H groups in total. The lowest BCUT2D eigenvalue weighted by Crippen LogP contribution is -2.46. The topological polar surface area (TPSA) is 139 Å². The molecule has 0 radical (unpaired) electrons. The van der Waals surface area contributed by atoms with Gasteiger partial charge in [0, 0.05) is 35.1 Å². The molecule has 4 unspecified atom stereocenters. The van der Waals surface area contributed by atoms with Crippen LogP contribution in [-0.4, -0.2) is 63.3 Å². The minimum absolute atomic E-state index is 0.0329. The maximum absolute atomic E-state index is 13.5. The fourth-order valence-electron chi connectivity index (χ4n) is 5.53. The maximum Gasteiger partial charge on any atom is 0.338 e. The third-order valence-corrected chi connectivity index (χ3v) is 7.81. The fourth-order valence-corrected chi connectivity index (χ4v) is 5.53. The number of esters is 2. The van der Waals surface area contributed by atoms with Crippen LogP contribution < -0.4 is 23.7 Å². The number of carbonyl (C=O) groups excluding carboxylic acids is 2. The molecule has 4 rings (SSSR count). The van der Waals surface area contributed by atoms with Crippen LogP contribution in [0.25, 0.3) is 11.1 Å². The van der Waals surface area contributed by atoms with Gasteiger partial charge in [-0.25, -0.2) is 4.79 Å². The molecule has 0 aliphatic heterocycles. The molecule has 1 aliphatic carbocycles. The highest BCUT2D eigenvalue weighted by atomic mass is 16.6. The normalized spacial score (nSPS) is 20.8. The van der Waals surface area contributed by atoms with Gasteiger partial charge in [0.1, 0.15) is 11.7 Å². The smallest absolute Gasteiger partial charge is 0.338 e. The number of aromatic hydroxyl groups is 1. The summed E-state index contributed by atoms with van der Waals surface area (Å²) < 4.78 is 40.0. The Labute approximate surface area is 249 Å². The first-order valence-electron chi connectivity index (χ1n) is 13.4. The summed E-state index contributed by atoms with van der Waals surface area (Å²) in [4.78, 5) is 26.0. The molecule has 0 saturated heterocycles. The molecule has 43 heavy (non-hydrogen) atoms. The minimum atomic E-state index is -1.90. The Bertz CT molecular complexity index is 1510. The van der Waals surface area contributed by atoms with Gasteiger partial charge in [0.2, 0.25) is 11.5 Å². The van der Waals surface area contributed by atoms with Crippen molar-refractivity contribution in [3.05, 3.63) is 59.2 Å². The van der Waals surface area contributed by atoms with Gasteiger partial charge in [0.15, 0.2) is 29.1 Å². The van der Waals surface area contributed by atoms with Crippen molar-refractivity contribution in [2.45, 2.75) is 38.6 Å². The summed E-state index contributed by atoms with van der Waals surface area (Å²) in [5.41, 5.74) is -0.856. The van der Waals surface area contributed by atoms with Crippen molar-refractivity contribution in [2.24, 2.45) is 5.92 Å². The van der Waals surface area contributed by atoms with Crippen LogP contribution in [0.1, 0.15) is 54.5 Å². The lowest BCUT2D eigenvalue weighted by atomic mass is 9.71. The van der Waals surface area contributed by atoms with Crippen molar-refractivity contribution < 1.29 is 53.0 Å². The molecular weight excluding hydrogens is 560 g/mol. The van der Waals surface area contributed by atoms with Gasteiger partial charge in [-0.15, -0.1) is 0 Å². The van der Waals surface area contributed by atoms with Crippen molar-refractivity contribution in [3.8, 4) is 45.6 Å². The Balaban J connectivity index is 2.21. The lowest BCUT2D eigenvalue weighted by molar-refractivity contribution is -0.166. The van der Waals surface area contributed by atoms with Gasteiger partial charge >= 0.3 is 11.9 Å². The van der Waals surface area contributed by atoms with Gasteiger partial charge in [-0.2, -0.15) is 0 Å². The van der Waals surface area contributed by atoms with Crippen LogP contribution in [-0.2, 0) is 14.3 Å². The molecule has 3 aromatic rings. The van der Waals surface area contributed by atoms with E-state index in [1.165, 1.54) is 55.5 Å². The quantitative estimate of drug-likeness (QED) is 0.340. The average Bonchev–Trinajstić information content (AvgIpc) is 3.00. The number of hydrogen-bond acceptors (Lipinski definition) is 11. The highest BCUT2D eigenvalue weighted by Crippen LogP contribution is 2.60. The highest BCUT2D eigenvalue weighted by molar-refractivity contribution is 5.91. The van der Waals surface area contributed by atoms with Gasteiger partial charge in [-0.05, 0) is 31.2 Å². The number of rotatable bonds is 8. The van der Waals surface area contributed by atoms with Crippen LogP contribution >= 0.6 is 0 Å². The van der Waals surface area contributed by atoms with Gasteiger partial charge in [0.25, 0.3) is 0 Å². The van der Waals surface area contributed by atoms with Gasteiger partial charge in [0.05, 0.1) is 41.1 Å². The van der Waals surface area contributed by atoms with Crippen LogP contribution in [0.2, 0.25) is 0 Å². The summed E-state index contributed by atoms with van der Waals surface area (Å²) in [6.45, 7) is 4.37. The number of benzene rings is 3. The molecule has 11 nitrogen and oxygen atoms in total. The van der Waals surface area contributed by atoms with Crippen LogP contribution in [0.3, 0.4) is 0 Å². The van der Waals surface area contributed by atoms with Gasteiger partial charge in [-0.1, -0.05) is 25.1 Å². The van der Waals surface area contributed by atoms with E-state index in [0.29, 0.717) is 5.56 Å². The van der Waals surface area contributed by atoms with Crippen LogP contribution in [0.15, 0.2) is 42.5 Å². The number of aliphatic hydroxyl groups is 1. The van der Waals surface area contributed by atoms with Crippen molar-refractivity contribution >= 4 is 11.9 Å². The number of hydrogen-bond donors (Lipinski definition) is 2. The molecule has 11 heteroatoms. The average molecular weight is 597 g/mol. The first-order valence-corrected chi connectivity index (χ1v) is 13.4. The molecule has 0 spiro atoms. The Morgan fingerprint density at radius 2 is 1.33 bits per heavy atom. The molecule has 230 valence electrons. The molecule has 0 bridgehead atoms. The molecule has 0 heterocycles. The molecule has 0 fully saturated rings. The zero-order valence-electron chi connectivity index (χ0n) is 25.3. The van der Waals surface area contributed by atoms with E-state index in [1.807, 2.05) is 0 Å². The van der Waals surface area contributed by atoms with E-state index < -0.39 is 41.4 Å². The Morgan fingerprint density at radius 3 is 1.86 bits per heavy atom. The molecular formula is C32H36O11. The van der Waals surface area contributed by atoms with Crippen molar-refractivity contribution in [1.29, 1.82) is 0 Å². The summed E-state index contributed by atoms with van der Waals surface area (Å²) in [5.74, 6) is -2.05. The molecule has 3 aromatic carbocycles. The first-order chi connectivity index (χ1) is 20.5. The summed E-state index contributed by atoms with van der Waals surface area (Å²) >= 11 is 0. The second-order valence-corrected chi connectivity index (χ2v) is 10.2. The summed E-state index contributed by atoms with van der Waals surface area (Å²) in [6, 6.07) is 11.4. The van der Waals surface area contributed by atoms with E-state index in [4.69, 9.17) is 33.2 Å². The predicted octanol–water partition coefficient (Wildman–Crippen LogP) is 5.01. The number of carbonyl (C=O) groups is 2. The zero-order valence-corrected chi connectivity index (χ0v) is 25.3. The summed E-state index contributed by atoms with van der Waals surface area (Å²) in [6.07, 6.45) is -2.57. The number of methoxy groups -OCH3 is 5. The lowest BCUT2D eigenvalue weighted by Gasteiger charge is -2.43. The number of phenols is 1. The van der Waals surface area contributed by atoms with Crippen LogP contribution in [0.4, 0.5) is 0 Å². The SMILES string of the molecule is COc1cc2c(c(O)c1OC)-c1c(cc(OC)c(OC)c1OC)C(OC(C)=O)C(C)C(C)(O)C2OC(=O)c1ccccc1. The van der Waals surface area contributed by atoms with Crippen molar-refractivity contribution in [1.82, 2.24) is 0 Å². The third kappa shape index (κ3) is 5.36. The monoisotopic (exact) mass is 596 g/mol. The Hall–Kier alpha value is -4.64. The van der Waals surface area contributed by atoms with E-state index >= 15 is 0 Å². The van der Waals surface area contributed by atoms with Crippen LogP contribution in [0, 0.1) is 5.92 Å². The van der Waals surface area contributed by atoms with E-state index in [-0.39, 0.29) is 51.0 Å². The van der Waals surface area contributed by atoms with Crippen molar-refractivity contribution in [2.75, 3.05) is 35.5 Å². The number of fused-ring (bicyclic) bond motifs is 3. The number of ether oxygens (including phenoxy) is 7. The van der Waals surface area contributed by atoms with E-state index in [0.717, 1.165) is 0 Å². The minimum Gasteiger partial charge on any atom is -0.504 e. The fraction of sp³-hybridized carbons (Fsp3) is 0.375. The standard InChI is InChI=1S/C32H36O11/c1-16-26(42-17(2)33)19-14-22(38-5)28(40-7)29(41-8)24(19)23-20(15-21(37-4)27(39-6)25(23)34)30(32(16,3)36)43-31(35)18-12-10-9-11-13-18/h9-16,26,30,34,36H,1-8H3. The summed E-state index contributed by atoms with van der Waals surface area (Å²) in [7, 11) is 7.00. The second kappa shape index (κ2) is 12.3. The van der Waals surface area contributed by atoms with Crippen molar-refractivity contribution in [3.63, 3.8) is 0 Å². The van der Waals surface area contributed by atoms with Gasteiger partial charge < -0.3 is 43.4 Å². The molecule has 0 saturated carbocycles. The predicted molar refractivity (Wildman–Crippen MR) is 155 cm³/mol. The Kier molecular flexibility index (Phi) is 8.96. The van der Waals surface area contributed by atoms with E-state index in [1.54, 1.807) is 43.3 Å². The third-order valence-electron chi connectivity index (χ3n) is 7.81. The molecule has 0 aromatic heterocycles. The summed E-state index contributed by atoms with van der Waals surface area (Å²) in [5, 5.41) is 24.1. The maximum atomic E-state index is 13.5.